The molecule has 1 saturated heterocycles. The predicted octanol–water partition coefficient (Wildman–Crippen LogP) is 3.55. The molecule has 1 heterocycles. The van der Waals surface area contributed by atoms with Crippen molar-refractivity contribution in [3.63, 3.8) is 0 Å². The molecule has 2 N–H and O–H groups in total. The van der Waals surface area contributed by atoms with Crippen molar-refractivity contribution in [3.8, 4) is 0 Å². The predicted molar refractivity (Wildman–Crippen MR) is 108 cm³/mol. The van der Waals surface area contributed by atoms with Crippen LogP contribution in [0.2, 0.25) is 0 Å². The number of hydrogen-bond donors (Lipinski definition) is 2. The van der Waals surface area contributed by atoms with E-state index < -0.39 is 0 Å². The first-order chi connectivity index (χ1) is 10.7. The number of hydrogen-bond acceptors (Lipinski definition) is 2. The van der Waals surface area contributed by atoms with Gasteiger partial charge in [-0.1, -0.05) is 23.8 Å². The molecule has 1 aliphatic heterocycles. The Morgan fingerprint density at radius 3 is 2.78 bits per heavy atom. The average molecular weight is 431 g/mol. The van der Waals surface area contributed by atoms with Crippen LogP contribution >= 0.6 is 24.0 Å². The zero-order chi connectivity index (χ0) is 15.8. The van der Waals surface area contributed by atoms with Gasteiger partial charge in [-0.05, 0) is 51.2 Å². The molecule has 1 unspecified atom stereocenters. The molecule has 23 heavy (non-hydrogen) atoms. The normalized spacial score (nSPS) is 17.7. The molecule has 0 radical (unpaired) electrons. The van der Waals surface area contributed by atoms with E-state index in [1.807, 2.05) is 0 Å². The Kier molecular flexibility index (Phi) is 9.55. The van der Waals surface area contributed by atoms with Gasteiger partial charge < -0.3 is 15.4 Å². The quantitative estimate of drug-likeness (QED) is 0.412. The van der Waals surface area contributed by atoms with E-state index >= 15 is 0 Å². The molecule has 0 aliphatic carbocycles. The number of halogens is 1. The summed E-state index contributed by atoms with van der Waals surface area (Å²) >= 11 is 0. The van der Waals surface area contributed by atoms with Crippen LogP contribution < -0.4 is 10.6 Å². The van der Waals surface area contributed by atoms with E-state index in [4.69, 9.17) is 9.73 Å². The van der Waals surface area contributed by atoms with Crippen molar-refractivity contribution in [3.05, 3.63) is 34.9 Å². The minimum Gasteiger partial charge on any atom is -0.378 e. The molecule has 130 valence electrons. The summed E-state index contributed by atoms with van der Waals surface area (Å²) in [7, 11) is 0. The number of aliphatic imine (C=N–C) groups is 1. The number of ether oxygens (including phenoxy) is 1. The fourth-order valence-corrected chi connectivity index (χ4v) is 2.75. The third kappa shape index (κ3) is 7.08. The fourth-order valence-electron chi connectivity index (χ4n) is 2.75. The summed E-state index contributed by atoms with van der Waals surface area (Å²) in [5.74, 6) is 0.889. The van der Waals surface area contributed by atoms with Crippen LogP contribution in [0.5, 0.6) is 0 Å². The third-order valence-corrected chi connectivity index (χ3v) is 4.03. The van der Waals surface area contributed by atoms with Crippen molar-refractivity contribution >= 4 is 29.9 Å². The van der Waals surface area contributed by atoms with E-state index in [0.717, 1.165) is 32.1 Å². The summed E-state index contributed by atoms with van der Waals surface area (Å²) in [5, 5.41) is 6.71. The Bertz CT molecular complexity index is 499. The molecule has 0 saturated carbocycles. The lowest BCUT2D eigenvalue weighted by molar-refractivity contribution is 0.105. The molecule has 0 spiro atoms. The fraction of sp³-hybridized carbons (Fsp3) is 0.611. The minimum absolute atomic E-state index is 0. The zero-order valence-corrected chi connectivity index (χ0v) is 16.9. The summed E-state index contributed by atoms with van der Waals surface area (Å²) in [4.78, 5) is 4.69. The van der Waals surface area contributed by atoms with Gasteiger partial charge in [-0.15, -0.1) is 24.0 Å². The molecule has 1 fully saturated rings. The number of aryl methyl sites for hydroxylation is 2. The van der Waals surface area contributed by atoms with Gasteiger partial charge in [0.05, 0.1) is 12.6 Å². The number of guanidine groups is 1. The topological polar surface area (TPSA) is 45.7 Å². The van der Waals surface area contributed by atoms with E-state index in [1.54, 1.807) is 0 Å². The molecule has 0 aromatic heterocycles. The molecule has 1 atom stereocenters. The SMILES string of the molecule is CCNC(=NCc1ccc(C)cc1C)NCCC1CCCO1.I. The first kappa shape index (κ1) is 20.2. The first-order valence-corrected chi connectivity index (χ1v) is 8.39. The van der Waals surface area contributed by atoms with Crippen molar-refractivity contribution in [2.75, 3.05) is 19.7 Å². The Morgan fingerprint density at radius 2 is 2.13 bits per heavy atom. The maximum atomic E-state index is 5.65. The molecule has 1 aromatic carbocycles. The van der Waals surface area contributed by atoms with Gasteiger partial charge in [0.1, 0.15) is 0 Å². The Hall–Kier alpha value is -0.820. The average Bonchev–Trinajstić information content (AvgIpc) is 2.99. The molecule has 4 nitrogen and oxygen atoms in total. The van der Waals surface area contributed by atoms with Crippen molar-refractivity contribution in [2.45, 2.75) is 52.7 Å². The summed E-state index contributed by atoms with van der Waals surface area (Å²) in [6, 6.07) is 6.53. The molecule has 1 aromatic rings. The highest BCUT2D eigenvalue weighted by atomic mass is 127. The smallest absolute Gasteiger partial charge is 0.191 e. The van der Waals surface area contributed by atoms with Crippen molar-refractivity contribution < 1.29 is 4.74 Å². The summed E-state index contributed by atoms with van der Waals surface area (Å²) in [5.41, 5.74) is 3.88. The maximum absolute atomic E-state index is 5.65. The summed E-state index contributed by atoms with van der Waals surface area (Å²) < 4.78 is 5.65. The van der Waals surface area contributed by atoms with Crippen molar-refractivity contribution in [1.29, 1.82) is 0 Å². The van der Waals surface area contributed by atoms with E-state index in [2.05, 4.69) is 49.6 Å². The van der Waals surface area contributed by atoms with Crippen LogP contribution in [0.4, 0.5) is 0 Å². The third-order valence-electron chi connectivity index (χ3n) is 4.03. The molecular weight excluding hydrogens is 401 g/mol. The van der Waals surface area contributed by atoms with Crippen LogP contribution in [-0.4, -0.2) is 31.8 Å². The highest BCUT2D eigenvalue weighted by Gasteiger charge is 2.14. The van der Waals surface area contributed by atoms with E-state index in [0.29, 0.717) is 12.6 Å². The van der Waals surface area contributed by atoms with Gasteiger partial charge >= 0.3 is 0 Å². The van der Waals surface area contributed by atoms with E-state index in [-0.39, 0.29) is 24.0 Å². The molecule has 2 rings (SSSR count). The van der Waals surface area contributed by atoms with Gasteiger partial charge in [0.2, 0.25) is 0 Å². The summed E-state index contributed by atoms with van der Waals surface area (Å²) in [6.45, 7) is 9.77. The number of nitrogens with zero attached hydrogens (tertiary/aromatic N) is 1. The number of nitrogens with one attached hydrogen (secondary N) is 2. The number of benzene rings is 1. The monoisotopic (exact) mass is 431 g/mol. The first-order valence-electron chi connectivity index (χ1n) is 8.39. The Labute approximate surface area is 157 Å². The van der Waals surface area contributed by atoms with Crippen LogP contribution in [0.3, 0.4) is 0 Å². The van der Waals surface area contributed by atoms with Crippen molar-refractivity contribution in [2.24, 2.45) is 4.99 Å². The lowest BCUT2D eigenvalue weighted by Crippen LogP contribution is -2.38. The van der Waals surface area contributed by atoms with Gasteiger partial charge in [-0.3, -0.25) is 0 Å². The van der Waals surface area contributed by atoms with Gasteiger partial charge in [0, 0.05) is 19.7 Å². The molecule has 0 bridgehead atoms. The lowest BCUT2D eigenvalue weighted by Gasteiger charge is -2.14. The van der Waals surface area contributed by atoms with Crippen LogP contribution in [0.25, 0.3) is 0 Å². The highest BCUT2D eigenvalue weighted by molar-refractivity contribution is 14.0. The molecule has 5 heteroatoms. The van der Waals surface area contributed by atoms with Gasteiger partial charge in [-0.25, -0.2) is 4.99 Å². The largest absolute Gasteiger partial charge is 0.378 e. The van der Waals surface area contributed by atoms with Gasteiger partial charge in [0.15, 0.2) is 5.96 Å². The second-order valence-electron chi connectivity index (χ2n) is 5.98. The second kappa shape index (κ2) is 10.9. The second-order valence-corrected chi connectivity index (χ2v) is 5.98. The number of rotatable bonds is 6. The van der Waals surface area contributed by atoms with E-state index in [9.17, 15) is 0 Å². The zero-order valence-electron chi connectivity index (χ0n) is 14.5. The summed E-state index contributed by atoms with van der Waals surface area (Å²) in [6.07, 6.45) is 3.87. The Morgan fingerprint density at radius 1 is 1.30 bits per heavy atom. The minimum atomic E-state index is 0. The highest BCUT2D eigenvalue weighted by Crippen LogP contribution is 2.14. The molecule has 1 aliphatic rings. The van der Waals surface area contributed by atoms with Crippen molar-refractivity contribution in [1.82, 2.24) is 10.6 Å². The lowest BCUT2D eigenvalue weighted by atomic mass is 10.1. The van der Waals surface area contributed by atoms with Crippen LogP contribution in [0.15, 0.2) is 23.2 Å². The molecular formula is C18H30IN3O. The molecule has 0 amide bonds. The van der Waals surface area contributed by atoms with Crippen LogP contribution in [-0.2, 0) is 11.3 Å². The van der Waals surface area contributed by atoms with Crippen LogP contribution in [0, 0.1) is 13.8 Å². The Balaban J connectivity index is 0.00000264. The van der Waals surface area contributed by atoms with Crippen LogP contribution in [0.1, 0.15) is 42.9 Å². The van der Waals surface area contributed by atoms with Gasteiger partial charge in [0.25, 0.3) is 0 Å². The standard InChI is InChI=1S/C18H29N3O.HI/c1-4-19-18(20-10-9-17-6-5-11-22-17)21-13-16-8-7-14(2)12-15(16)3;/h7-8,12,17H,4-6,9-11,13H2,1-3H3,(H2,19,20,21);1H. The van der Waals surface area contributed by atoms with Gasteiger partial charge in [-0.2, -0.15) is 0 Å². The van der Waals surface area contributed by atoms with E-state index in [1.165, 1.54) is 29.5 Å². The maximum Gasteiger partial charge on any atom is 0.191 e.